The van der Waals surface area contributed by atoms with Crippen LogP contribution in [0.4, 0.5) is 17.6 Å². The van der Waals surface area contributed by atoms with Crippen LogP contribution in [0.5, 0.6) is 5.75 Å². The molecule has 10 nitrogen and oxygen atoms in total. The van der Waals surface area contributed by atoms with Gasteiger partial charge in [0.15, 0.2) is 5.82 Å². The Balaban J connectivity index is 1.19. The highest BCUT2D eigenvalue weighted by molar-refractivity contribution is 5.99. The number of morpholine rings is 2. The van der Waals surface area contributed by atoms with Crippen LogP contribution in [0.1, 0.15) is 16.7 Å². The van der Waals surface area contributed by atoms with Crippen molar-refractivity contribution in [1.82, 2.24) is 14.5 Å². The van der Waals surface area contributed by atoms with E-state index in [1.165, 1.54) is 5.56 Å². The Kier molecular flexibility index (Phi) is 8.29. The normalized spacial score (nSPS) is 16.0. The van der Waals surface area contributed by atoms with Gasteiger partial charge in [-0.05, 0) is 37.1 Å². The molecule has 4 heterocycles. The van der Waals surface area contributed by atoms with Crippen LogP contribution >= 0.6 is 0 Å². The van der Waals surface area contributed by atoms with Crippen molar-refractivity contribution in [2.45, 2.75) is 20.4 Å². The summed E-state index contributed by atoms with van der Waals surface area (Å²) in [6.45, 7) is 11.3. The lowest BCUT2D eigenvalue weighted by Gasteiger charge is -2.31. The fourth-order valence-electron chi connectivity index (χ4n) is 5.19. The number of benzene rings is 2. The fraction of sp³-hybridized carbons (Fsp3) is 0.387. The molecule has 214 valence electrons. The molecule has 2 aliphatic rings. The first-order valence-electron chi connectivity index (χ1n) is 14.3. The molecule has 4 aromatic rings. The lowest BCUT2D eigenvalue weighted by molar-refractivity contribution is 0.121. The summed E-state index contributed by atoms with van der Waals surface area (Å²) in [7, 11) is 0. The summed E-state index contributed by atoms with van der Waals surface area (Å²) in [5.74, 6) is 3.16. The van der Waals surface area contributed by atoms with Crippen LogP contribution in [0.2, 0.25) is 0 Å². The van der Waals surface area contributed by atoms with E-state index in [0.717, 1.165) is 66.3 Å². The quantitative estimate of drug-likeness (QED) is 0.242. The molecule has 2 saturated heterocycles. The molecule has 0 saturated carbocycles. The zero-order valence-corrected chi connectivity index (χ0v) is 23.8. The van der Waals surface area contributed by atoms with Gasteiger partial charge < -0.3 is 28.6 Å². The number of hydrogen-bond acceptors (Lipinski definition) is 9. The summed E-state index contributed by atoms with van der Waals surface area (Å²) in [6, 6.07) is 16.6. The predicted octanol–water partition coefficient (Wildman–Crippen LogP) is 4.25. The minimum Gasteiger partial charge on any atom is -0.491 e. The molecule has 2 aromatic carbocycles. The molecule has 0 unspecified atom stereocenters. The van der Waals surface area contributed by atoms with Crippen molar-refractivity contribution in [1.29, 1.82) is 0 Å². The largest absolute Gasteiger partial charge is 0.491 e. The summed E-state index contributed by atoms with van der Waals surface area (Å²) in [6.07, 6.45) is 3.98. The van der Waals surface area contributed by atoms with E-state index in [1.54, 1.807) is 0 Å². The SMILES string of the molecule is Cc1ccc(C)c(OCCn2cc(/C=N\Nc3cc(N4CCOCC4)nc(N4CCOCC4)n3)c3ccccc32)c1. The number of rotatable bonds is 9. The van der Waals surface area contributed by atoms with E-state index in [0.29, 0.717) is 44.8 Å². The van der Waals surface area contributed by atoms with Crippen LogP contribution in [0.25, 0.3) is 10.9 Å². The van der Waals surface area contributed by atoms with E-state index in [9.17, 15) is 0 Å². The topological polar surface area (TPSA) is 89.3 Å². The molecule has 0 spiro atoms. The number of hydrogen-bond donors (Lipinski definition) is 1. The van der Waals surface area contributed by atoms with Gasteiger partial charge in [0.05, 0.1) is 39.2 Å². The average molecular weight is 556 g/mol. The number of para-hydroxylation sites is 1. The number of aryl methyl sites for hydroxylation is 2. The van der Waals surface area contributed by atoms with Gasteiger partial charge in [-0.1, -0.05) is 30.3 Å². The van der Waals surface area contributed by atoms with Crippen molar-refractivity contribution in [2.75, 3.05) is 74.4 Å². The maximum absolute atomic E-state index is 6.14. The molecule has 0 radical (unpaired) electrons. The number of aromatic nitrogens is 3. The van der Waals surface area contributed by atoms with Gasteiger partial charge in [0.1, 0.15) is 18.2 Å². The first-order chi connectivity index (χ1) is 20.1. The molecule has 0 aliphatic carbocycles. The lowest BCUT2D eigenvalue weighted by Crippen LogP contribution is -2.39. The third-order valence-electron chi connectivity index (χ3n) is 7.47. The van der Waals surface area contributed by atoms with Gasteiger partial charge in [0.25, 0.3) is 0 Å². The van der Waals surface area contributed by atoms with Crippen LogP contribution in [0.15, 0.2) is 59.8 Å². The number of nitrogens with zero attached hydrogens (tertiary/aromatic N) is 6. The Labute approximate surface area is 240 Å². The van der Waals surface area contributed by atoms with Gasteiger partial charge in [-0.15, -0.1) is 0 Å². The first-order valence-corrected chi connectivity index (χ1v) is 14.3. The van der Waals surface area contributed by atoms with Crippen LogP contribution < -0.4 is 20.0 Å². The monoisotopic (exact) mass is 555 g/mol. The summed E-state index contributed by atoms with van der Waals surface area (Å²) in [5, 5.41) is 5.74. The van der Waals surface area contributed by atoms with Crippen molar-refractivity contribution in [3.8, 4) is 5.75 Å². The van der Waals surface area contributed by atoms with Gasteiger partial charge in [-0.3, -0.25) is 5.43 Å². The van der Waals surface area contributed by atoms with E-state index < -0.39 is 0 Å². The second kappa shape index (κ2) is 12.6. The third kappa shape index (κ3) is 6.44. The molecule has 41 heavy (non-hydrogen) atoms. The Morgan fingerprint density at radius 2 is 1.68 bits per heavy atom. The Morgan fingerprint density at radius 1 is 0.927 bits per heavy atom. The van der Waals surface area contributed by atoms with Gasteiger partial charge in [-0.2, -0.15) is 15.1 Å². The van der Waals surface area contributed by atoms with Crippen LogP contribution in [0.3, 0.4) is 0 Å². The number of fused-ring (bicyclic) bond motifs is 1. The van der Waals surface area contributed by atoms with Gasteiger partial charge >= 0.3 is 0 Å². The molecule has 2 aromatic heterocycles. The van der Waals surface area contributed by atoms with Gasteiger partial charge in [0, 0.05) is 54.9 Å². The maximum atomic E-state index is 6.14. The van der Waals surface area contributed by atoms with E-state index in [-0.39, 0.29) is 0 Å². The maximum Gasteiger partial charge on any atom is 0.229 e. The fourth-order valence-corrected chi connectivity index (χ4v) is 5.19. The number of ether oxygens (including phenoxy) is 3. The second-order valence-electron chi connectivity index (χ2n) is 10.4. The number of anilines is 3. The van der Waals surface area contributed by atoms with Gasteiger partial charge in [-0.25, -0.2) is 0 Å². The van der Waals surface area contributed by atoms with E-state index in [4.69, 9.17) is 24.2 Å². The minimum atomic E-state index is 0.577. The Morgan fingerprint density at radius 3 is 2.49 bits per heavy atom. The van der Waals surface area contributed by atoms with Crippen molar-refractivity contribution in [3.63, 3.8) is 0 Å². The first kappa shape index (κ1) is 27.0. The molecule has 2 fully saturated rings. The number of hydrazone groups is 1. The third-order valence-corrected chi connectivity index (χ3v) is 7.47. The van der Waals surface area contributed by atoms with E-state index >= 15 is 0 Å². The molecular formula is C31H37N7O3. The van der Waals surface area contributed by atoms with E-state index in [2.05, 4.69) is 87.4 Å². The highest BCUT2D eigenvalue weighted by Crippen LogP contribution is 2.24. The second-order valence-corrected chi connectivity index (χ2v) is 10.4. The molecule has 0 bridgehead atoms. The molecule has 2 aliphatic heterocycles. The zero-order chi connectivity index (χ0) is 28.0. The summed E-state index contributed by atoms with van der Waals surface area (Å²) in [4.78, 5) is 14.1. The highest BCUT2D eigenvalue weighted by Gasteiger charge is 2.19. The Bertz CT molecular complexity index is 1470. The lowest BCUT2D eigenvalue weighted by atomic mass is 10.1. The van der Waals surface area contributed by atoms with Gasteiger partial charge in [0.2, 0.25) is 5.95 Å². The van der Waals surface area contributed by atoms with E-state index in [1.807, 2.05) is 12.3 Å². The smallest absolute Gasteiger partial charge is 0.229 e. The molecule has 10 heteroatoms. The molecule has 1 N–H and O–H groups in total. The standard InChI is InChI=1S/C31H37N7O3/c1-23-7-8-24(2)28(19-23)41-18-13-38-22-25(26-5-3-4-6-27(26)38)21-32-35-29-20-30(36-9-14-39-15-10-36)34-31(33-29)37-11-16-40-17-12-37/h3-8,19-22H,9-18H2,1-2H3,(H,33,34,35)/b32-21-. The van der Waals surface area contributed by atoms with Crippen molar-refractivity contribution >= 4 is 34.7 Å². The molecule has 6 rings (SSSR count). The van der Waals surface area contributed by atoms with Crippen LogP contribution in [-0.4, -0.2) is 80.0 Å². The summed E-state index contributed by atoms with van der Waals surface area (Å²) >= 11 is 0. The summed E-state index contributed by atoms with van der Waals surface area (Å²) < 4.78 is 19.4. The molecule has 0 amide bonds. The zero-order valence-electron chi connectivity index (χ0n) is 23.8. The number of nitrogens with one attached hydrogen (secondary N) is 1. The summed E-state index contributed by atoms with van der Waals surface area (Å²) in [5.41, 5.74) is 7.68. The molecular weight excluding hydrogens is 518 g/mol. The predicted molar refractivity (Wildman–Crippen MR) is 163 cm³/mol. The Hall–Kier alpha value is -4.15. The average Bonchev–Trinajstić information content (AvgIpc) is 3.37. The van der Waals surface area contributed by atoms with Crippen molar-refractivity contribution in [3.05, 3.63) is 71.4 Å². The molecule has 0 atom stereocenters. The van der Waals surface area contributed by atoms with Crippen LogP contribution in [0, 0.1) is 13.8 Å². The van der Waals surface area contributed by atoms with Crippen molar-refractivity contribution < 1.29 is 14.2 Å². The van der Waals surface area contributed by atoms with Crippen LogP contribution in [-0.2, 0) is 16.0 Å². The minimum absolute atomic E-state index is 0.577. The highest BCUT2D eigenvalue weighted by atomic mass is 16.5. The van der Waals surface area contributed by atoms with Crippen molar-refractivity contribution in [2.24, 2.45) is 5.10 Å².